The van der Waals surface area contributed by atoms with Gasteiger partial charge in [0.15, 0.2) is 0 Å². The van der Waals surface area contributed by atoms with Crippen molar-refractivity contribution in [3.05, 3.63) is 34.9 Å². The van der Waals surface area contributed by atoms with Gasteiger partial charge >= 0.3 is 0 Å². The summed E-state index contributed by atoms with van der Waals surface area (Å²) in [5.41, 5.74) is 0.877. The molecule has 2 unspecified atom stereocenters. The minimum Gasteiger partial charge on any atom is -0.309 e. The first-order chi connectivity index (χ1) is 9.88. The van der Waals surface area contributed by atoms with Crippen molar-refractivity contribution in [2.45, 2.75) is 59.4 Å². The van der Waals surface area contributed by atoms with Crippen molar-refractivity contribution < 1.29 is 8.78 Å². The summed E-state index contributed by atoms with van der Waals surface area (Å²) < 4.78 is 28.9. The van der Waals surface area contributed by atoms with Gasteiger partial charge in [0.05, 0.1) is 0 Å². The standard InChI is InChI=1S/C18H27F2N/c1-5-11-21-17(13-7-6-10-18(13,3)4)15-14(19)9-8-12(2)16(15)20/h8-9,13,17,21H,5-7,10-11H2,1-4H3. The van der Waals surface area contributed by atoms with E-state index in [1.165, 1.54) is 12.1 Å². The van der Waals surface area contributed by atoms with Crippen LogP contribution in [-0.4, -0.2) is 6.54 Å². The van der Waals surface area contributed by atoms with Gasteiger partial charge in [0, 0.05) is 11.6 Å². The highest BCUT2D eigenvalue weighted by molar-refractivity contribution is 5.30. The molecule has 0 radical (unpaired) electrons. The monoisotopic (exact) mass is 295 g/mol. The topological polar surface area (TPSA) is 12.0 Å². The predicted octanol–water partition coefficient (Wildman–Crippen LogP) is 5.14. The molecule has 1 fully saturated rings. The van der Waals surface area contributed by atoms with Crippen molar-refractivity contribution >= 4 is 0 Å². The maximum Gasteiger partial charge on any atom is 0.133 e. The van der Waals surface area contributed by atoms with E-state index in [2.05, 4.69) is 26.1 Å². The van der Waals surface area contributed by atoms with E-state index in [9.17, 15) is 8.78 Å². The molecule has 1 aromatic carbocycles. The summed E-state index contributed by atoms with van der Waals surface area (Å²) >= 11 is 0. The fraction of sp³-hybridized carbons (Fsp3) is 0.667. The fourth-order valence-electron chi connectivity index (χ4n) is 3.68. The fourth-order valence-corrected chi connectivity index (χ4v) is 3.68. The van der Waals surface area contributed by atoms with Gasteiger partial charge in [-0.25, -0.2) is 8.78 Å². The molecule has 0 aliphatic heterocycles. The molecule has 21 heavy (non-hydrogen) atoms. The lowest BCUT2D eigenvalue weighted by molar-refractivity contribution is 0.191. The Balaban J connectivity index is 2.43. The van der Waals surface area contributed by atoms with Crippen molar-refractivity contribution in [3.8, 4) is 0 Å². The zero-order chi connectivity index (χ0) is 15.6. The predicted molar refractivity (Wildman–Crippen MR) is 83.3 cm³/mol. The molecule has 0 heterocycles. The van der Waals surface area contributed by atoms with Crippen LogP contribution in [0.2, 0.25) is 0 Å². The van der Waals surface area contributed by atoms with Crippen LogP contribution in [0.3, 0.4) is 0 Å². The van der Waals surface area contributed by atoms with Crippen LogP contribution >= 0.6 is 0 Å². The largest absolute Gasteiger partial charge is 0.309 e. The summed E-state index contributed by atoms with van der Waals surface area (Å²) in [5, 5.41) is 3.41. The maximum absolute atomic E-state index is 14.6. The van der Waals surface area contributed by atoms with Crippen molar-refractivity contribution in [1.29, 1.82) is 0 Å². The zero-order valence-electron chi connectivity index (χ0n) is 13.6. The number of benzene rings is 1. The number of nitrogens with one attached hydrogen (secondary N) is 1. The Morgan fingerprint density at radius 3 is 2.62 bits per heavy atom. The molecule has 1 N–H and O–H groups in total. The van der Waals surface area contributed by atoms with Crippen molar-refractivity contribution in [3.63, 3.8) is 0 Å². The maximum atomic E-state index is 14.6. The second-order valence-corrected chi connectivity index (χ2v) is 7.01. The van der Waals surface area contributed by atoms with Gasteiger partial charge in [0.25, 0.3) is 0 Å². The first-order valence-corrected chi connectivity index (χ1v) is 8.06. The molecule has 3 heteroatoms. The van der Waals surface area contributed by atoms with Crippen LogP contribution in [-0.2, 0) is 0 Å². The molecule has 1 aromatic rings. The Morgan fingerprint density at radius 2 is 2.05 bits per heavy atom. The zero-order valence-corrected chi connectivity index (χ0v) is 13.6. The number of hydrogen-bond donors (Lipinski definition) is 1. The Hall–Kier alpha value is -0.960. The third-order valence-corrected chi connectivity index (χ3v) is 4.99. The third-order valence-electron chi connectivity index (χ3n) is 4.99. The first-order valence-electron chi connectivity index (χ1n) is 8.06. The van der Waals surface area contributed by atoms with E-state index in [1.807, 2.05) is 0 Å². The van der Waals surface area contributed by atoms with E-state index >= 15 is 0 Å². The Kier molecular flexibility index (Phi) is 5.03. The molecule has 2 rings (SSSR count). The second kappa shape index (κ2) is 6.43. The average molecular weight is 295 g/mol. The van der Waals surface area contributed by atoms with Gasteiger partial charge in [-0.3, -0.25) is 0 Å². The van der Waals surface area contributed by atoms with Crippen LogP contribution in [0.15, 0.2) is 12.1 Å². The van der Waals surface area contributed by atoms with E-state index in [0.717, 1.165) is 32.2 Å². The molecule has 0 spiro atoms. The van der Waals surface area contributed by atoms with Gasteiger partial charge in [-0.2, -0.15) is 0 Å². The molecular weight excluding hydrogens is 268 g/mol. The van der Waals surface area contributed by atoms with Gasteiger partial charge in [-0.1, -0.05) is 33.3 Å². The minimum absolute atomic E-state index is 0.119. The molecule has 1 nitrogen and oxygen atoms in total. The van der Waals surface area contributed by atoms with Crippen LogP contribution in [0.1, 0.15) is 63.6 Å². The van der Waals surface area contributed by atoms with Gasteiger partial charge in [0.2, 0.25) is 0 Å². The summed E-state index contributed by atoms with van der Waals surface area (Å²) in [6.07, 6.45) is 4.24. The van der Waals surface area contributed by atoms with Crippen LogP contribution < -0.4 is 5.32 Å². The lowest BCUT2D eigenvalue weighted by Crippen LogP contribution is -2.35. The molecule has 118 valence electrons. The summed E-state index contributed by atoms with van der Waals surface area (Å²) in [4.78, 5) is 0. The Morgan fingerprint density at radius 1 is 1.33 bits per heavy atom. The SMILES string of the molecule is CCCNC(c1c(F)ccc(C)c1F)C1CCCC1(C)C. The average Bonchev–Trinajstić information content (AvgIpc) is 2.77. The van der Waals surface area contributed by atoms with Gasteiger partial charge < -0.3 is 5.32 Å². The van der Waals surface area contributed by atoms with E-state index in [-0.39, 0.29) is 28.8 Å². The third kappa shape index (κ3) is 3.28. The summed E-state index contributed by atoms with van der Waals surface area (Å²) in [5.74, 6) is -0.532. The summed E-state index contributed by atoms with van der Waals surface area (Å²) in [7, 11) is 0. The second-order valence-electron chi connectivity index (χ2n) is 7.01. The smallest absolute Gasteiger partial charge is 0.133 e. The Bertz CT molecular complexity index is 496. The van der Waals surface area contributed by atoms with Crippen molar-refractivity contribution in [2.24, 2.45) is 11.3 Å². The highest BCUT2D eigenvalue weighted by atomic mass is 19.1. The molecule has 1 aliphatic rings. The molecule has 1 aliphatic carbocycles. The lowest BCUT2D eigenvalue weighted by Gasteiger charge is -2.35. The molecule has 2 atom stereocenters. The van der Waals surface area contributed by atoms with E-state index in [0.29, 0.717) is 5.56 Å². The molecular formula is C18H27F2N. The number of hydrogen-bond acceptors (Lipinski definition) is 1. The first kappa shape index (κ1) is 16.4. The van der Waals surface area contributed by atoms with Gasteiger partial charge in [-0.15, -0.1) is 0 Å². The highest BCUT2D eigenvalue weighted by Gasteiger charge is 2.41. The van der Waals surface area contributed by atoms with E-state index in [4.69, 9.17) is 0 Å². The molecule has 0 amide bonds. The number of rotatable bonds is 5. The van der Waals surface area contributed by atoms with Crippen LogP contribution in [0.4, 0.5) is 8.78 Å². The summed E-state index contributed by atoms with van der Waals surface area (Å²) in [6, 6.07) is 2.68. The normalized spacial score (nSPS) is 22.5. The van der Waals surface area contributed by atoms with Crippen LogP contribution in [0, 0.1) is 29.9 Å². The van der Waals surface area contributed by atoms with E-state index in [1.54, 1.807) is 6.92 Å². The van der Waals surface area contributed by atoms with Crippen molar-refractivity contribution in [2.75, 3.05) is 6.54 Å². The molecule has 1 saturated carbocycles. The molecule has 0 bridgehead atoms. The van der Waals surface area contributed by atoms with Crippen molar-refractivity contribution in [1.82, 2.24) is 5.32 Å². The lowest BCUT2D eigenvalue weighted by atomic mass is 9.75. The highest BCUT2D eigenvalue weighted by Crippen LogP contribution is 2.49. The molecule has 0 saturated heterocycles. The number of halogens is 2. The van der Waals surface area contributed by atoms with Crippen LogP contribution in [0.25, 0.3) is 0 Å². The minimum atomic E-state index is -0.422. The quantitative estimate of drug-likeness (QED) is 0.793. The summed E-state index contributed by atoms with van der Waals surface area (Å²) in [6.45, 7) is 9.00. The van der Waals surface area contributed by atoms with Gasteiger partial charge in [0.1, 0.15) is 11.6 Å². The Labute approximate surface area is 127 Å². The van der Waals surface area contributed by atoms with Crippen LogP contribution in [0.5, 0.6) is 0 Å². The molecule has 0 aromatic heterocycles. The van der Waals surface area contributed by atoms with E-state index < -0.39 is 5.82 Å². The van der Waals surface area contributed by atoms with Gasteiger partial charge in [-0.05, 0) is 55.7 Å². The number of aryl methyl sites for hydroxylation is 1.